The fraction of sp³-hybridized carbons (Fsp3) is 0.474. The Morgan fingerprint density at radius 3 is 2.54 bits per heavy atom. The van der Waals surface area contributed by atoms with Gasteiger partial charge in [-0.3, -0.25) is 0 Å². The Morgan fingerprint density at radius 2 is 1.89 bits per heavy atom. The standard InChI is InChI=1S/C19H26F3N5O/c1-13(2)24-17-12-16(25-18(26-17)23-9-6-10-27(3)4)14-7-5-8-15(11-14)28-19(20,21)22/h5,7-8,11-13H,6,9-10H2,1-4H3,(H2,23,24,25,26). The first kappa shape index (κ1) is 21.7. The van der Waals surface area contributed by atoms with Gasteiger partial charge in [0.25, 0.3) is 0 Å². The van der Waals surface area contributed by atoms with Gasteiger partial charge in [0.2, 0.25) is 5.95 Å². The molecular formula is C19H26F3N5O. The molecule has 154 valence electrons. The van der Waals surface area contributed by atoms with E-state index in [1.165, 1.54) is 18.2 Å². The van der Waals surface area contributed by atoms with Gasteiger partial charge in [-0.2, -0.15) is 4.98 Å². The highest BCUT2D eigenvalue weighted by atomic mass is 19.4. The summed E-state index contributed by atoms with van der Waals surface area (Å²) < 4.78 is 41.5. The van der Waals surface area contributed by atoms with Gasteiger partial charge in [-0.05, 0) is 53.0 Å². The number of hydrogen-bond donors (Lipinski definition) is 2. The smallest absolute Gasteiger partial charge is 0.406 e. The fourth-order valence-electron chi connectivity index (χ4n) is 2.49. The van der Waals surface area contributed by atoms with Crippen LogP contribution in [0.3, 0.4) is 0 Å². The zero-order valence-electron chi connectivity index (χ0n) is 16.5. The minimum Gasteiger partial charge on any atom is -0.406 e. The van der Waals surface area contributed by atoms with Crippen molar-refractivity contribution in [3.63, 3.8) is 0 Å². The highest BCUT2D eigenvalue weighted by molar-refractivity contribution is 5.66. The SMILES string of the molecule is CC(C)Nc1cc(-c2cccc(OC(F)(F)F)c2)nc(NCCCN(C)C)n1. The maximum Gasteiger partial charge on any atom is 0.573 e. The number of nitrogens with one attached hydrogen (secondary N) is 2. The number of hydrogen-bond acceptors (Lipinski definition) is 6. The van der Waals surface area contributed by atoms with Gasteiger partial charge in [-0.25, -0.2) is 4.98 Å². The summed E-state index contributed by atoms with van der Waals surface area (Å²) >= 11 is 0. The second kappa shape index (κ2) is 9.59. The maximum absolute atomic E-state index is 12.5. The third-order valence-corrected chi connectivity index (χ3v) is 3.59. The van der Waals surface area contributed by atoms with Crippen LogP contribution in [0.4, 0.5) is 24.9 Å². The van der Waals surface area contributed by atoms with Crippen molar-refractivity contribution in [3.05, 3.63) is 30.3 Å². The van der Waals surface area contributed by atoms with E-state index in [2.05, 4.69) is 30.2 Å². The number of alkyl halides is 3. The third kappa shape index (κ3) is 7.59. The second-order valence-corrected chi connectivity index (χ2v) is 6.92. The van der Waals surface area contributed by atoms with Crippen LogP contribution in [0.5, 0.6) is 5.75 Å². The van der Waals surface area contributed by atoms with Crippen molar-refractivity contribution < 1.29 is 17.9 Å². The van der Waals surface area contributed by atoms with Gasteiger partial charge in [0.1, 0.15) is 11.6 Å². The van der Waals surface area contributed by atoms with Crippen LogP contribution in [0, 0.1) is 0 Å². The molecule has 1 aromatic heterocycles. The molecule has 0 bridgehead atoms. The molecule has 1 heterocycles. The Labute approximate surface area is 163 Å². The molecule has 0 saturated heterocycles. The molecule has 9 heteroatoms. The zero-order chi connectivity index (χ0) is 20.7. The van der Waals surface area contributed by atoms with E-state index in [4.69, 9.17) is 0 Å². The van der Waals surface area contributed by atoms with Gasteiger partial charge in [0.05, 0.1) is 5.69 Å². The van der Waals surface area contributed by atoms with Gasteiger partial charge in [0, 0.05) is 24.2 Å². The van der Waals surface area contributed by atoms with Crippen molar-refractivity contribution in [3.8, 4) is 17.0 Å². The molecule has 0 unspecified atom stereocenters. The Kier molecular flexibility index (Phi) is 7.45. The summed E-state index contributed by atoms with van der Waals surface area (Å²) in [5.74, 6) is 0.723. The van der Waals surface area contributed by atoms with E-state index in [0.717, 1.165) is 13.0 Å². The molecule has 0 radical (unpaired) electrons. The first-order chi connectivity index (χ1) is 13.1. The summed E-state index contributed by atoms with van der Waals surface area (Å²) in [6.45, 7) is 5.55. The maximum atomic E-state index is 12.5. The predicted molar refractivity (Wildman–Crippen MR) is 105 cm³/mol. The molecule has 0 saturated carbocycles. The van der Waals surface area contributed by atoms with E-state index in [-0.39, 0.29) is 11.8 Å². The van der Waals surface area contributed by atoms with Crippen LogP contribution in [0.2, 0.25) is 0 Å². The van der Waals surface area contributed by atoms with Crippen molar-refractivity contribution in [2.75, 3.05) is 37.8 Å². The first-order valence-electron chi connectivity index (χ1n) is 9.03. The summed E-state index contributed by atoms with van der Waals surface area (Å²) in [4.78, 5) is 11.0. The van der Waals surface area contributed by atoms with Crippen LogP contribution < -0.4 is 15.4 Å². The number of rotatable bonds is 9. The lowest BCUT2D eigenvalue weighted by molar-refractivity contribution is -0.274. The van der Waals surface area contributed by atoms with Gasteiger partial charge in [-0.1, -0.05) is 12.1 Å². The normalized spacial score (nSPS) is 11.8. The molecule has 2 N–H and O–H groups in total. The molecule has 6 nitrogen and oxygen atoms in total. The van der Waals surface area contributed by atoms with Crippen molar-refractivity contribution in [1.82, 2.24) is 14.9 Å². The highest BCUT2D eigenvalue weighted by Gasteiger charge is 2.31. The number of nitrogens with zero attached hydrogens (tertiary/aromatic N) is 3. The Balaban J connectivity index is 2.26. The first-order valence-corrected chi connectivity index (χ1v) is 9.03. The molecule has 0 fully saturated rings. The second-order valence-electron chi connectivity index (χ2n) is 6.92. The summed E-state index contributed by atoms with van der Waals surface area (Å²) in [6, 6.07) is 7.59. The molecule has 0 aliphatic carbocycles. The summed E-state index contributed by atoms with van der Waals surface area (Å²) in [5, 5.41) is 6.38. The van der Waals surface area contributed by atoms with Gasteiger partial charge >= 0.3 is 6.36 Å². The molecule has 28 heavy (non-hydrogen) atoms. The van der Waals surface area contributed by atoms with E-state index in [0.29, 0.717) is 29.6 Å². The lowest BCUT2D eigenvalue weighted by atomic mass is 10.1. The topological polar surface area (TPSA) is 62.3 Å². The van der Waals surface area contributed by atoms with Crippen LogP contribution in [-0.2, 0) is 0 Å². The van der Waals surface area contributed by atoms with Gasteiger partial charge in [0.15, 0.2) is 0 Å². The molecule has 2 rings (SSSR count). The summed E-state index contributed by atoms with van der Waals surface area (Å²) in [6.07, 6.45) is -3.84. The number of anilines is 2. The minimum absolute atomic E-state index is 0.143. The van der Waals surface area contributed by atoms with Crippen LogP contribution >= 0.6 is 0 Å². The Bertz CT molecular complexity index is 765. The van der Waals surface area contributed by atoms with Crippen molar-refractivity contribution in [2.24, 2.45) is 0 Å². The lowest BCUT2D eigenvalue weighted by Gasteiger charge is -2.15. The molecule has 0 amide bonds. The van der Waals surface area contributed by atoms with E-state index in [9.17, 15) is 13.2 Å². The van der Waals surface area contributed by atoms with Crippen molar-refractivity contribution in [1.29, 1.82) is 0 Å². The number of halogens is 3. The molecule has 0 aliphatic rings. The predicted octanol–water partition coefficient (Wildman–Crippen LogP) is 4.23. The molecule has 0 atom stereocenters. The molecule has 2 aromatic rings. The molecule has 0 aliphatic heterocycles. The zero-order valence-corrected chi connectivity index (χ0v) is 16.5. The van der Waals surface area contributed by atoms with Gasteiger partial charge < -0.3 is 20.3 Å². The Morgan fingerprint density at radius 1 is 1.14 bits per heavy atom. The summed E-state index contributed by atoms with van der Waals surface area (Å²) in [7, 11) is 4.00. The van der Waals surface area contributed by atoms with Crippen molar-refractivity contribution in [2.45, 2.75) is 32.7 Å². The summed E-state index contributed by atoms with van der Waals surface area (Å²) in [5.41, 5.74) is 1.01. The lowest BCUT2D eigenvalue weighted by Crippen LogP contribution is -2.18. The molecule has 1 aromatic carbocycles. The van der Waals surface area contributed by atoms with Crippen molar-refractivity contribution >= 4 is 11.8 Å². The van der Waals surface area contributed by atoms with Crippen LogP contribution in [0.15, 0.2) is 30.3 Å². The number of ether oxygens (including phenoxy) is 1. The minimum atomic E-state index is -4.74. The molecule has 0 spiro atoms. The van der Waals surface area contributed by atoms with Crippen LogP contribution in [0.1, 0.15) is 20.3 Å². The fourth-order valence-corrected chi connectivity index (χ4v) is 2.49. The van der Waals surface area contributed by atoms with Crippen LogP contribution in [0.25, 0.3) is 11.3 Å². The highest BCUT2D eigenvalue weighted by Crippen LogP contribution is 2.28. The molecular weight excluding hydrogens is 371 g/mol. The van der Waals surface area contributed by atoms with E-state index in [1.807, 2.05) is 27.9 Å². The monoisotopic (exact) mass is 397 g/mol. The quantitative estimate of drug-likeness (QED) is 0.618. The average Bonchev–Trinajstić information content (AvgIpc) is 2.56. The Hall–Kier alpha value is -2.55. The largest absolute Gasteiger partial charge is 0.573 e. The van der Waals surface area contributed by atoms with Gasteiger partial charge in [-0.15, -0.1) is 13.2 Å². The third-order valence-electron chi connectivity index (χ3n) is 3.59. The van der Waals surface area contributed by atoms with E-state index in [1.54, 1.807) is 12.1 Å². The number of benzene rings is 1. The number of aromatic nitrogens is 2. The average molecular weight is 397 g/mol. The van der Waals surface area contributed by atoms with E-state index < -0.39 is 6.36 Å². The van der Waals surface area contributed by atoms with E-state index >= 15 is 0 Å². The van der Waals surface area contributed by atoms with Crippen LogP contribution in [-0.4, -0.2) is 54.5 Å².